The average molecular weight is 176 g/mol. The lowest BCUT2D eigenvalue weighted by molar-refractivity contribution is 0.823. The van der Waals surface area contributed by atoms with Crippen LogP contribution in [0, 0.1) is 11.3 Å². The molecule has 4 heteroatoms. The highest BCUT2D eigenvalue weighted by molar-refractivity contribution is 5.53. The van der Waals surface area contributed by atoms with Gasteiger partial charge in [0.2, 0.25) is 0 Å². The Morgan fingerprint density at radius 3 is 3.08 bits per heavy atom. The molecular formula is C9H12N4. The van der Waals surface area contributed by atoms with Crippen LogP contribution < -0.4 is 10.6 Å². The molecule has 68 valence electrons. The number of anilines is 1. The third kappa shape index (κ3) is 2.73. The van der Waals surface area contributed by atoms with Gasteiger partial charge in [0.15, 0.2) is 5.69 Å². The Bertz CT molecular complexity index is 303. The topological polar surface area (TPSA) is 60.7 Å². The first kappa shape index (κ1) is 9.49. The molecule has 0 amide bonds. The number of nitriles is 1. The fraction of sp³-hybridized carbons (Fsp3) is 0.333. The highest BCUT2D eigenvalue weighted by atomic mass is 14.9. The summed E-state index contributed by atoms with van der Waals surface area (Å²) in [7, 11) is 1.89. The van der Waals surface area contributed by atoms with Crippen LogP contribution in [0.15, 0.2) is 18.3 Å². The van der Waals surface area contributed by atoms with Gasteiger partial charge in [0.25, 0.3) is 0 Å². The Hall–Kier alpha value is -1.60. The number of rotatable bonds is 4. The summed E-state index contributed by atoms with van der Waals surface area (Å²) in [6.07, 6.45) is 1.61. The molecule has 1 aromatic heterocycles. The van der Waals surface area contributed by atoms with E-state index in [0.717, 1.165) is 18.8 Å². The van der Waals surface area contributed by atoms with E-state index in [1.165, 1.54) is 0 Å². The lowest BCUT2D eigenvalue weighted by Crippen LogP contribution is -2.18. The molecule has 0 saturated heterocycles. The maximum absolute atomic E-state index is 8.71. The van der Waals surface area contributed by atoms with Gasteiger partial charge in [-0.3, -0.25) is 0 Å². The van der Waals surface area contributed by atoms with Crippen LogP contribution in [0.3, 0.4) is 0 Å². The molecule has 0 bridgehead atoms. The van der Waals surface area contributed by atoms with Crippen molar-refractivity contribution in [3.63, 3.8) is 0 Å². The Morgan fingerprint density at radius 2 is 2.38 bits per heavy atom. The van der Waals surface area contributed by atoms with E-state index in [4.69, 9.17) is 5.26 Å². The van der Waals surface area contributed by atoms with Gasteiger partial charge in [-0.25, -0.2) is 4.98 Å². The first-order valence-electron chi connectivity index (χ1n) is 4.12. The second-order valence-corrected chi connectivity index (χ2v) is 2.54. The third-order valence-corrected chi connectivity index (χ3v) is 1.60. The van der Waals surface area contributed by atoms with Crippen LogP contribution in [0.2, 0.25) is 0 Å². The molecule has 0 radical (unpaired) electrons. The Labute approximate surface area is 77.6 Å². The van der Waals surface area contributed by atoms with Crippen molar-refractivity contribution >= 4 is 5.69 Å². The van der Waals surface area contributed by atoms with E-state index in [1.54, 1.807) is 6.20 Å². The molecule has 1 aromatic rings. The molecule has 0 atom stereocenters. The van der Waals surface area contributed by atoms with E-state index in [2.05, 4.69) is 15.6 Å². The van der Waals surface area contributed by atoms with Crippen molar-refractivity contribution in [3.8, 4) is 6.07 Å². The first-order valence-corrected chi connectivity index (χ1v) is 4.12. The van der Waals surface area contributed by atoms with Crippen molar-refractivity contribution in [3.05, 3.63) is 24.0 Å². The van der Waals surface area contributed by atoms with E-state index < -0.39 is 0 Å². The zero-order chi connectivity index (χ0) is 9.52. The van der Waals surface area contributed by atoms with E-state index in [0.29, 0.717) is 5.69 Å². The number of likely N-dealkylation sites (N-methyl/N-ethyl adjacent to an activating group) is 1. The van der Waals surface area contributed by atoms with Crippen LogP contribution in [0.4, 0.5) is 5.69 Å². The Balaban J connectivity index is 2.60. The monoisotopic (exact) mass is 176 g/mol. The van der Waals surface area contributed by atoms with Gasteiger partial charge < -0.3 is 10.6 Å². The van der Waals surface area contributed by atoms with Crippen molar-refractivity contribution in [2.24, 2.45) is 0 Å². The maximum Gasteiger partial charge on any atom is 0.163 e. The predicted molar refractivity (Wildman–Crippen MR) is 51.4 cm³/mol. The normalized spacial score (nSPS) is 9.23. The van der Waals surface area contributed by atoms with E-state index >= 15 is 0 Å². The summed E-state index contributed by atoms with van der Waals surface area (Å²) in [6.45, 7) is 1.65. The second kappa shape index (κ2) is 5.12. The Morgan fingerprint density at radius 1 is 1.54 bits per heavy atom. The fourth-order valence-corrected chi connectivity index (χ4v) is 0.959. The number of nitrogens with one attached hydrogen (secondary N) is 2. The minimum Gasteiger partial charge on any atom is -0.381 e. The molecule has 1 heterocycles. The van der Waals surface area contributed by atoms with Gasteiger partial charge in [0.1, 0.15) is 6.07 Å². The lowest BCUT2D eigenvalue weighted by Gasteiger charge is -2.05. The molecule has 1 rings (SSSR count). The summed E-state index contributed by atoms with van der Waals surface area (Å²) in [5.41, 5.74) is 1.24. The van der Waals surface area contributed by atoms with Crippen molar-refractivity contribution in [2.75, 3.05) is 25.5 Å². The van der Waals surface area contributed by atoms with Crippen LogP contribution in [-0.4, -0.2) is 25.1 Å². The summed E-state index contributed by atoms with van der Waals surface area (Å²) >= 11 is 0. The molecule has 0 aromatic carbocycles. The third-order valence-electron chi connectivity index (χ3n) is 1.60. The molecule has 13 heavy (non-hydrogen) atoms. The molecule has 4 nitrogen and oxygen atoms in total. The van der Waals surface area contributed by atoms with E-state index in [9.17, 15) is 0 Å². The van der Waals surface area contributed by atoms with Crippen molar-refractivity contribution in [1.82, 2.24) is 10.3 Å². The standard InChI is InChI=1S/C9H12N4/c1-11-5-6-13-8-3-2-4-12-9(8)7-10/h2-4,11,13H,5-6H2,1H3. The van der Waals surface area contributed by atoms with Gasteiger partial charge in [0, 0.05) is 19.3 Å². The minimum absolute atomic E-state index is 0.443. The van der Waals surface area contributed by atoms with Gasteiger partial charge in [-0.05, 0) is 19.2 Å². The van der Waals surface area contributed by atoms with Crippen molar-refractivity contribution in [2.45, 2.75) is 0 Å². The molecule has 0 aliphatic carbocycles. The maximum atomic E-state index is 8.71. The van der Waals surface area contributed by atoms with Gasteiger partial charge in [-0.2, -0.15) is 5.26 Å². The molecule has 0 spiro atoms. The first-order chi connectivity index (χ1) is 6.38. The quantitative estimate of drug-likeness (QED) is 0.659. The summed E-state index contributed by atoms with van der Waals surface area (Å²) in [6, 6.07) is 5.68. The SMILES string of the molecule is CNCCNc1cccnc1C#N. The molecule has 0 unspecified atom stereocenters. The summed E-state index contributed by atoms with van der Waals surface area (Å²) in [4.78, 5) is 3.93. The average Bonchev–Trinajstić information content (AvgIpc) is 2.19. The smallest absolute Gasteiger partial charge is 0.163 e. The van der Waals surface area contributed by atoms with Crippen LogP contribution in [0.5, 0.6) is 0 Å². The zero-order valence-corrected chi connectivity index (χ0v) is 7.54. The predicted octanol–water partition coefficient (Wildman–Crippen LogP) is 0.585. The van der Waals surface area contributed by atoms with Crippen molar-refractivity contribution in [1.29, 1.82) is 5.26 Å². The van der Waals surface area contributed by atoms with Crippen molar-refractivity contribution < 1.29 is 0 Å². The Kier molecular flexibility index (Phi) is 3.74. The van der Waals surface area contributed by atoms with Crippen LogP contribution in [0.25, 0.3) is 0 Å². The lowest BCUT2D eigenvalue weighted by atomic mass is 10.3. The van der Waals surface area contributed by atoms with Gasteiger partial charge >= 0.3 is 0 Å². The molecule has 0 aliphatic heterocycles. The minimum atomic E-state index is 0.443. The second-order valence-electron chi connectivity index (χ2n) is 2.54. The largest absolute Gasteiger partial charge is 0.381 e. The number of hydrogen-bond acceptors (Lipinski definition) is 4. The van der Waals surface area contributed by atoms with Crippen LogP contribution in [0.1, 0.15) is 5.69 Å². The van der Waals surface area contributed by atoms with Gasteiger partial charge in [0.05, 0.1) is 5.69 Å². The molecule has 0 aliphatic rings. The van der Waals surface area contributed by atoms with Gasteiger partial charge in [-0.15, -0.1) is 0 Å². The number of aromatic nitrogens is 1. The molecular weight excluding hydrogens is 164 g/mol. The number of nitrogens with zero attached hydrogens (tertiary/aromatic N) is 2. The molecule has 0 saturated carbocycles. The highest BCUT2D eigenvalue weighted by Crippen LogP contribution is 2.09. The summed E-state index contributed by atoms with van der Waals surface area (Å²) < 4.78 is 0. The highest BCUT2D eigenvalue weighted by Gasteiger charge is 1.99. The van der Waals surface area contributed by atoms with E-state index in [1.807, 2.05) is 25.2 Å². The van der Waals surface area contributed by atoms with Crippen LogP contribution in [-0.2, 0) is 0 Å². The van der Waals surface area contributed by atoms with Gasteiger partial charge in [-0.1, -0.05) is 0 Å². The van der Waals surface area contributed by atoms with Crippen LogP contribution >= 0.6 is 0 Å². The fourth-order valence-electron chi connectivity index (χ4n) is 0.959. The number of pyridine rings is 1. The summed E-state index contributed by atoms with van der Waals surface area (Å²) in [5.74, 6) is 0. The zero-order valence-electron chi connectivity index (χ0n) is 7.54. The van der Waals surface area contributed by atoms with E-state index in [-0.39, 0.29) is 0 Å². The molecule has 0 fully saturated rings. The summed E-state index contributed by atoms with van der Waals surface area (Å²) in [5, 5.41) is 14.8. The molecule has 2 N–H and O–H groups in total. The number of hydrogen-bond donors (Lipinski definition) is 2.